The van der Waals surface area contributed by atoms with Gasteiger partial charge in [-0.15, -0.1) is 0 Å². The van der Waals surface area contributed by atoms with Gasteiger partial charge in [-0.25, -0.2) is 12.7 Å². The lowest BCUT2D eigenvalue weighted by Crippen LogP contribution is -2.31. The van der Waals surface area contributed by atoms with Crippen LogP contribution in [0.15, 0.2) is 21.6 Å². The Hall–Kier alpha value is -0.890. The molecule has 0 bridgehead atoms. The zero-order chi connectivity index (χ0) is 14.0. The van der Waals surface area contributed by atoms with Gasteiger partial charge in [-0.05, 0) is 31.5 Å². The monoisotopic (exact) mass is 288 g/mol. The first-order valence-electron chi connectivity index (χ1n) is 6.31. The number of furan rings is 1. The summed E-state index contributed by atoms with van der Waals surface area (Å²) in [6.45, 7) is 1.57. The summed E-state index contributed by atoms with van der Waals surface area (Å²) in [5, 5.41) is 9.21. The zero-order valence-corrected chi connectivity index (χ0v) is 12.1. The van der Waals surface area contributed by atoms with E-state index in [0.29, 0.717) is 12.3 Å². The van der Waals surface area contributed by atoms with Gasteiger partial charge in [0.2, 0.25) is 5.09 Å². The number of sulfonamides is 1. The summed E-state index contributed by atoms with van der Waals surface area (Å²) in [7, 11) is -0.566. The molecular formula is C12H20N2O4S. The van der Waals surface area contributed by atoms with Crippen LogP contribution >= 0.6 is 0 Å². The lowest BCUT2D eigenvalue weighted by atomic mass is 10.2. The predicted octanol–water partition coefficient (Wildman–Crippen LogP) is 0.487. The summed E-state index contributed by atoms with van der Waals surface area (Å²) in [5.74, 6) is 0.612. The summed E-state index contributed by atoms with van der Waals surface area (Å²) in [6.07, 6.45) is 2.02. The third kappa shape index (κ3) is 3.00. The van der Waals surface area contributed by atoms with Crippen molar-refractivity contribution >= 4 is 10.0 Å². The van der Waals surface area contributed by atoms with Crippen LogP contribution in [0.25, 0.3) is 0 Å². The number of aliphatic hydroxyl groups is 1. The molecule has 0 spiro atoms. The third-order valence-corrected chi connectivity index (χ3v) is 5.13. The van der Waals surface area contributed by atoms with E-state index in [1.165, 1.54) is 20.2 Å². The molecule has 1 atom stereocenters. The largest absolute Gasteiger partial charge is 0.447 e. The first-order valence-corrected chi connectivity index (χ1v) is 7.75. The molecular weight excluding hydrogens is 268 g/mol. The molecule has 1 N–H and O–H groups in total. The van der Waals surface area contributed by atoms with Crippen molar-refractivity contribution in [3.05, 3.63) is 17.9 Å². The summed E-state index contributed by atoms with van der Waals surface area (Å²) < 4.78 is 30.3. The number of likely N-dealkylation sites (tertiary alicyclic amines) is 1. The minimum atomic E-state index is -3.51. The summed E-state index contributed by atoms with van der Waals surface area (Å²) in [5.41, 5.74) is 0. The Morgan fingerprint density at radius 1 is 1.47 bits per heavy atom. The van der Waals surface area contributed by atoms with Gasteiger partial charge in [0, 0.05) is 20.1 Å². The molecule has 1 aliphatic heterocycles. The molecule has 0 aromatic carbocycles. The van der Waals surface area contributed by atoms with Crippen LogP contribution in [0.4, 0.5) is 0 Å². The zero-order valence-electron chi connectivity index (χ0n) is 11.2. The van der Waals surface area contributed by atoms with Crippen LogP contribution in [0.2, 0.25) is 0 Å². The standard InChI is InChI=1S/C12H20N2O4S/c1-13(2)19(16,17)12-6-5-11(18-12)8-14-7-3-4-10(14)9-15/h5-6,10,15H,3-4,7-9H2,1-2H3/t10-/m0/s1. The van der Waals surface area contributed by atoms with Crippen LogP contribution < -0.4 is 0 Å². The predicted molar refractivity (Wildman–Crippen MR) is 70.1 cm³/mol. The minimum absolute atomic E-state index is 0.0350. The fourth-order valence-electron chi connectivity index (χ4n) is 2.27. The minimum Gasteiger partial charge on any atom is -0.447 e. The highest BCUT2D eigenvalue weighted by atomic mass is 32.2. The molecule has 0 unspecified atom stereocenters. The first kappa shape index (κ1) is 14.5. The molecule has 1 aromatic rings. The van der Waals surface area contributed by atoms with Gasteiger partial charge in [0.25, 0.3) is 10.0 Å². The van der Waals surface area contributed by atoms with Crippen molar-refractivity contribution in [1.82, 2.24) is 9.21 Å². The summed E-state index contributed by atoms with van der Waals surface area (Å²) in [6, 6.07) is 3.32. The second-order valence-corrected chi connectivity index (χ2v) is 7.04. The molecule has 7 heteroatoms. The molecule has 0 aliphatic carbocycles. The quantitative estimate of drug-likeness (QED) is 0.853. The van der Waals surface area contributed by atoms with E-state index < -0.39 is 10.0 Å². The highest BCUT2D eigenvalue weighted by molar-refractivity contribution is 7.88. The fraction of sp³-hybridized carbons (Fsp3) is 0.667. The van der Waals surface area contributed by atoms with E-state index in [-0.39, 0.29) is 17.7 Å². The molecule has 6 nitrogen and oxygen atoms in total. The van der Waals surface area contributed by atoms with Crippen LogP contribution in [-0.2, 0) is 16.6 Å². The van der Waals surface area contributed by atoms with Crippen LogP contribution in [0.3, 0.4) is 0 Å². The SMILES string of the molecule is CN(C)S(=O)(=O)c1ccc(CN2CCC[C@H]2CO)o1. The van der Waals surface area contributed by atoms with Crippen LogP contribution in [0.1, 0.15) is 18.6 Å². The molecule has 1 aliphatic rings. The second-order valence-electron chi connectivity index (χ2n) is 4.96. The van der Waals surface area contributed by atoms with Crippen molar-refractivity contribution in [1.29, 1.82) is 0 Å². The second kappa shape index (κ2) is 5.62. The maximum atomic E-state index is 11.9. The van der Waals surface area contributed by atoms with E-state index in [2.05, 4.69) is 4.90 Å². The van der Waals surface area contributed by atoms with Crippen LogP contribution in [0.5, 0.6) is 0 Å². The van der Waals surface area contributed by atoms with E-state index >= 15 is 0 Å². The smallest absolute Gasteiger partial charge is 0.275 e. The normalized spacial score (nSPS) is 21.4. The molecule has 0 radical (unpaired) electrons. The van der Waals surface area contributed by atoms with Gasteiger partial charge in [0.15, 0.2) is 0 Å². The number of hydrogen-bond acceptors (Lipinski definition) is 5. The first-order chi connectivity index (χ1) is 8.95. The Labute approximate surface area is 113 Å². The number of hydrogen-bond donors (Lipinski definition) is 1. The van der Waals surface area contributed by atoms with Crippen molar-refractivity contribution < 1.29 is 17.9 Å². The van der Waals surface area contributed by atoms with Gasteiger partial charge in [-0.3, -0.25) is 4.90 Å². The molecule has 1 aromatic heterocycles. The molecule has 2 rings (SSSR count). The molecule has 1 saturated heterocycles. The number of aliphatic hydroxyl groups excluding tert-OH is 1. The van der Waals surface area contributed by atoms with Crippen molar-refractivity contribution in [2.75, 3.05) is 27.2 Å². The van der Waals surface area contributed by atoms with E-state index in [1.54, 1.807) is 6.07 Å². The van der Waals surface area contributed by atoms with E-state index in [1.807, 2.05) is 0 Å². The molecule has 2 heterocycles. The Morgan fingerprint density at radius 3 is 2.84 bits per heavy atom. The van der Waals surface area contributed by atoms with Gasteiger partial charge in [0.05, 0.1) is 13.2 Å². The van der Waals surface area contributed by atoms with Crippen molar-refractivity contribution in [2.24, 2.45) is 0 Å². The molecule has 0 saturated carbocycles. The lowest BCUT2D eigenvalue weighted by Gasteiger charge is -2.21. The molecule has 19 heavy (non-hydrogen) atoms. The van der Waals surface area contributed by atoms with Gasteiger partial charge in [0.1, 0.15) is 5.76 Å². The molecule has 1 fully saturated rings. The fourth-order valence-corrected chi connectivity index (χ4v) is 3.08. The maximum Gasteiger partial charge on any atom is 0.275 e. The maximum absolute atomic E-state index is 11.9. The Balaban J connectivity index is 2.10. The van der Waals surface area contributed by atoms with E-state index in [0.717, 1.165) is 23.7 Å². The van der Waals surface area contributed by atoms with Gasteiger partial charge in [-0.2, -0.15) is 0 Å². The Bertz CT molecular complexity index is 524. The molecule has 108 valence electrons. The van der Waals surface area contributed by atoms with Gasteiger partial charge < -0.3 is 9.52 Å². The molecule has 0 amide bonds. The topological polar surface area (TPSA) is 74.0 Å². The highest BCUT2D eigenvalue weighted by Gasteiger charge is 2.26. The highest BCUT2D eigenvalue weighted by Crippen LogP contribution is 2.22. The third-order valence-electron chi connectivity index (χ3n) is 3.44. The van der Waals surface area contributed by atoms with Crippen LogP contribution in [0, 0.1) is 0 Å². The Morgan fingerprint density at radius 2 is 2.21 bits per heavy atom. The van der Waals surface area contributed by atoms with Gasteiger partial charge >= 0.3 is 0 Å². The summed E-state index contributed by atoms with van der Waals surface area (Å²) in [4.78, 5) is 2.12. The van der Waals surface area contributed by atoms with Crippen molar-refractivity contribution in [3.8, 4) is 0 Å². The van der Waals surface area contributed by atoms with Crippen molar-refractivity contribution in [3.63, 3.8) is 0 Å². The van der Waals surface area contributed by atoms with Gasteiger partial charge in [-0.1, -0.05) is 0 Å². The number of rotatable bonds is 5. The Kier molecular flexibility index (Phi) is 4.29. The van der Waals surface area contributed by atoms with E-state index in [4.69, 9.17) is 4.42 Å². The number of nitrogens with zero attached hydrogens (tertiary/aromatic N) is 2. The lowest BCUT2D eigenvalue weighted by molar-refractivity contribution is 0.144. The van der Waals surface area contributed by atoms with E-state index in [9.17, 15) is 13.5 Å². The average Bonchev–Trinajstić information content (AvgIpc) is 2.98. The average molecular weight is 288 g/mol. The van der Waals surface area contributed by atoms with Crippen LogP contribution in [-0.4, -0.2) is 56.0 Å². The van der Waals surface area contributed by atoms with Crippen molar-refractivity contribution in [2.45, 2.75) is 30.5 Å². The summed E-state index contributed by atoms with van der Waals surface area (Å²) >= 11 is 0.